The van der Waals surface area contributed by atoms with Gasteiger partial charge in [0.2, 0.25) is 0 Å². The molecule has 1 saturated heterocycles. The van der Waals surface area contributed by atoms with Crippen molar-refractivity contribution >= 4 is 30.3 Å². The standard InChI is InChI=1S/C25H42BrNO3Si/c1-17(2)31(18(3)4,19(5)6)29-16-22-14-15-23(20-10-12-21(26)13-11-20)27(22)24(28)30-25(7,8)9/h10-13,17-19,22-23H,14-16H2,1-9H3/t22-,23-/m0/s1. The van der Waals surface area contributed by atoms with Crippen LogP contribution in [0, 0.1) is 0 Å². The molecule has 6 heteroatoms. The minimum Gasteiger partial charge on any atom is -0.444 e. The van der Waals surface area contributed by atoms with Gasteiger partial charge < -0.3 is 9.16 Å². The van der Waals surface area contributed by atoms with E-state index in [1.807, 2.05) is 37.8 Å². The van der Waals surface area contributed by atoms with E-state index in [2.05, 4.69) is 69.6 Å². The minimum absolute atomic E-state index is 0.0183. The molecule has 0 N–H and O–H groups in total. The highest BCUT2D eigenvalue weighted by Crippen LogP contribution is 2.44. The second-order valence-corrected chi connectivity index (χ2v) is 17.2. The molecule has 0 saturated carbocycles. The van der Waals surface area contributed by atoms with E-state index < -0.39 is 13.9 Å². The van der Waals surface area contributed by atoms with Gasteiger partial charge in [-0.2, -0.15) is 0 Å². The number of amides is 1. The average molecular weight is 513 g/mol. The molecule has 1 heterocycles. The zero-order chi connectivity index (χ0) is 23.6. The van der Waals surface area contributed by atoms with Crippen molar-refractivity contribution in [2.24, 2.45) is 0 Å². The number of halogens is 1. The van der Waals surface area contributed by atoms with Gasteiger partial charge in [-0.3, -0.25) is 4.90 Å². The normalized spacial score (nSPS) is 20.2. The summed E-state index contributed by atoms with van der Waals surface area (Å²) >= 11 is 3.52. The lowest BCUT2D eigenvalue weighted by Gasteiger charge is -2.43. The third-order valence-electron chi connectivity index (χ3n) is 6.59. The van der Waals surface area contributed by atoms with Crippen LogP contribution in [-0.2, 0) is 9.16 Å². The summed E-state index contributed by atoms with van der Waals surface area (Å²) in [6.07, 6.45) is 1.62. The van der Waals surface area contributed by atoms with Crippen molar-refractivity contribution in [2.75, 3.05) is 6.61 Å². The van der Waals surface area contributed by atoms with Gasteiger partial charge in [-0.1, -0.05) is 69.6 Å². The molecule has 1 fully saturated rings. The molecular formula is C25H42BrNO3Si. The van der Waals surface area contributed by atoms with E-state index >= 15 is 0 Å². The smallest absolute Gasteiger partial charge is 0.411 e. The number of hydrogen-bond acceptors (Lipinski definition) is 3. The first kappa shape index (κ1) is 26.4. The molecule has 31 heavy (non-hydrogen) atoms. The number of nitrogens with zero attached hydrogens (tertiary/aromatic N) is 1. The quantitative estimate of drug-likeness (QED) is 0.347. The lowest BCUT2D eigenvalue weighted by molar-refractivity contribution is 0.00916. The zero-order valence-electron chi connectivity index (χ0n) is 20.9. The Morgan fingerprint density at radius 1 is 1.03 bits per heavy atom. The van der Waals surface area contributed by atoms with Gasteiger partial charge in [-0.25, -0.2) is 4.79 Å². The van der Waals surface area contributed by atoms with Crippen molar-refractivity contribution in [3.8, 4) is 0 Å². The molecule has 1 aromatic rings. The first-order valence-electron chi connectivity index (χ1n) is 11.7. The van der Waals surface area contributed by atoms with Gasteiger partial charge in [0.1, 0.15) is 5.60 Å². The number of hydrogen-bond donors (Lipinski definition) is 0. The first-order valence-corrected chi connectivity index (χ1v) is 14.6. The molecule has 0 aromatic heterocycles. The maximum absolute atomic E-state index is 13.3. The van der Waals surface area contributed by atoms with Gasteiger partial charge in [0.15, 0.2) is 8.32 Å². The highest BCUT2D eigenvalue weighted by molar-refractivity contribution is 9.10. The Labute approximate surface area is 199 Å². The summed E-state index contributed by atoms with van der Waals surface area (Å²) in [7, 11) is -2.00. The molecule has 2 rings (SSSR count). The van der Waals surface area contributed by atoms with Crippen LogP contribution in [0.1, 0.15) is 86.8 Å². The van der Waals surface area contributed by atoms with E-state index in [1.165, 1.54) is 0 Å². The number of likely N-dealkylation sites (tertiary alicyclic amines) is 1. The molecule has 2 atom stereocenters. The lowest BCUT2D eigenvalue weighted by Crippen LogP contribution is -2.51. The van der Waals surface area contributed by atoms with E-state index in [4.69, 9.17) is 9.16 Å². The molecule has 0 radical (unpaired) electrons. The highest BCUT2D eigenvalue weighted by atomic mass is 79.9. The second kappa shape index (κ2) is 10.4. The summed E-state index contributed by atoms with van der Waals surface area (Å²) in [6, 6.07) is 8.34. The van der Waals surface area contributed by atoms with Crippen molar-refractivity contribution in [1.29, 1.82) is 0 Å². The van der Waals surface area contributed by atoms with Gasteiger partial charge in [0, 0.05) is 4.47 Å². The topological polar surface area (TPSA) is 38.8 Å². The van der Waals surface area contributed by atoms with Crippen LogP contribution in [0.15, 0.2) is 28.7 Å². The summed E-state index contributed by atoms with van der Waals surface area (Å²) in [5.74, 6) is 0. The molecular weight excluding hydrogens is 470 g/mol. The minimum atomic E-state index is -2.00. The molecule has 0 unspecified atom stereocenters. The number of carbonyl (C=O) groups is 1. The van der Waals surface area contributed by atoms with Crippen molar-refractivity contribution in [3.63, 3.8) is 0 Å². The third-order valence-corrected chi connectivity index (χ3v) is 13.2. The van der Waals surface area contributed by atoms with Crippen molar-refractivity contribution in [2.45, 2.75) is 109 Å². The van der Waals surface area contributed by atoms with Crippen molar-refractivity contribution in [3.05, 3.63) is 34.3 Å². The monoisotopic (exact) mass is 511 g/mol. The molecule has 0 spiro atoms. The van der Waals surface area contributed by atoms with Crippen molar-refractivity contribution in [1.82, 2.24) is 4.90 Å². The van der Waals surface area contributed by atoms with Gasteiger partial charge in [-0.15, -0.1) is 0 Å². The lowest BCUT2D eigenvalue weighted by atomic mass is 10.1. The van der Waals surface area contributed by atoms with Crippen molar-refractivity contribution < 1.29 is 14.0 Å². The number of carbonyl (C=O) groups excluding carboxylic acids is 1. The molecule has 1 aliphatic heterocycles. The predicted molar refractivity (Wildman–Crippen MR) is 135 cm³/mol. The Balaban J connectivity index is 2.31. The van der Waals surface area contributed by atoms with Crippen LogP contribution in [0.2, 0.25) is 16.6 Å². The largest absolute Gasteiger partial charge is 0.444 e. The van der Waals surface area contributed by atoms with Crippen LogP contribution in [0.3, 0.4) is 0 Å². The van der Waals surface area contributed by atoms with Crippen LogP contribution in [0.25, 0.3) is 0 Å². The van der Waals surface area contributed by atoms with E-state index in [-0.39, 0.29) is 18.2 Å². The third kappa shape index (κ3) is 6.14. The second-order valence-electron chi connectivity index (χ2n) is 10.8. The van der Waals surface area contributed by atoms with E-state index in [9.17, 15) is 4.79 Å². The van der Waals surface area contributed by atoms with Crippen LogP contribution >= 0.6 is 15.9 Å². The number of benzene rings is 1. The fourth-order valence-electron chi connectivity index (χ4n) is 5.39. The molecule has 0 aliphatic carbocycles. The summed E-state index contributed by atoms with van der Waals surface area (Å²) in [5.41, 5.74) is 2.18. The molecule has 0 bridgehead atoms. The summed E-state index contributed by atoms with van der Waals surface area (Å²) in [4.78, 5) is 15.3. The molecule has 1 aromatic carbocycles. The van der Waals surface area contributed by atoms with Gasteiger partial charge in [0.25, 0.3) is 0 Å². The van der Waals surface area contributed by atoms with E-state index in [0.717, 1.165) is 22.9 Å². The Hall–Kier alpha value is -0.853. The van der Waals surface area contributed by atoms with Crippen LogP contribution in [-0.4, -0.2) is 37.6 Å². The molecule has 4 nitrogen and oxygen atoms in total. The molecule has 1 amide bonds. The van der Waals surface area contributed by atoms with Crippen LogP contribution in [0.5, 0.6) is 0 Å². The Kier molecular flexibility index (Phi) is 8.85. The maximum Gasteiger partial charge on any atom is 0.411 e. The van der Waals surface area contributed by atoms with Gasteiger partial charge in [-0.05, 0) is 67.9 Å². The summed E-state index contributed by atoms with van der Waals surface area (Å²) in [5, 5.41) is 0. The Morgan fingerprint density at radius 3 is 2.00 bits per heavy atom. The summed E-state index contributed by atoms with van der Waals surface area (Å²) < 4.78 is 13.8. The Morgan fingerprint density at radius 2 is 1.55 bits per heavy atom. The van der Waals surface area contributed by atoms with E-state index in [1.54, 1.807) is 0 Å². The number of ether oxygens (including phenoxy) is 1. The maximum atomic E-state index is 13.3. The van der Waals surface area contributed by atoms with Crippen LogP contribution in [0.4, 0.5) is 4.79 Å². The number of rotatable bonds is 7. The average Bonchev–Trinajstić information content (AvgIpc) is 3.04. The van der Waals surface area contributed by atoms with Gasteiger partial charge in [0.05, 0.1) is 18.7 Å². The fraction of sp³-hybridized carbons (Fsp3) is 0.720. The SMILES string of the molecule is CC(C)[Si](OC[C@@H]1CC[C@@H](c2ccc(Br)cc2)N1C(=O)OC(C)(C)C)(C(C)C)C(C)C. The summed E-state index contributed by atoms with van der Waals surface area (Å²) in [6.45, 7) is 20.2. The van der Waals surface area contributed by atoms with E-state index in [0.29, 0.717) is 23.2 Å². The Bertz CT molecular complexity index is 706. The van der Waals surface area contributed by atoms with Crippen LogP contribution < -0.4 is 0 Å². The highest BCUT2D eigenvalue weighted by Gasteiger charge is 2.47. The zero-order valence-corrected chi connectivity index (χ0v) is 23.5. The fourth-order valence-corrected chi connectivity index (χ4v) is 11.1. The van der Waals surface area contributed by atoms with Gasteiger partial charge >= 0.3 is 6.09 Å². The first-order chi connectivity index (χ1) is 14.3. The molecule has 1 aliphatic rings. The molecule has 176 valence electrons. The predicted octanol–water partition coefficient (Wildman–Crippen LogP) is 8.08.